The number of rotatable bonds is 3. The van der Waals surface area contributed by atoms with Crippen molar-refractivity contribution >= 4 is 0 Å². The van der Waals surface area contributed by atoms with E-state index in [-0.39, 0.29) is 0 Å². The van der Waals surface area contributed by atoms with Crippen LogP contribution in [0.3, 0.4) is 0 Å². The number of morpholine rings is 1. The second kappa shape index (κ2) is 6.09. The smallest absolute Gasteiger partial charge is 0.108 e. The summed E-state index contributed by atoms with van der Waals surface area (Å²) in [6.45, 7) is 7.05. The van der Waals surface area contributed by atoms with Crippen molar-refractivity contribution in [2.45, 2.75) is 6.10 Å². The predicted octanol–water partition coefficient (Wildman–Crippen LogP) is -0.690. The van der Waals surface area contributed by atoms with E-state index >= 15 is 0 Å². The third-order valence-corrected chi connectivity index (χ3v) is 2.67. The average Bonchev–Trinajstić information content (AvgIpc) is 2.22. The van der Waals surface area contributed by atoms with Crippen LogP contribution in [-0.4, -0.2) is 63.5 Å². The number of hydrogen-bond donors (Lipinski definition) is 1. The van der Waals surface area contributed by atoms with Crippen LogP contribution in [-0.2, 0) is 9.47 Å². The average molecular weight is 210 g/mol. The molecule has 0 atom stereocenters. The van der Waals surface area contributed by atoms with Gasteiger partial charge in [0.1, 0.15) is 6.61 Å². The maximum atomic E-state index is 5.49. The Kier molecular flexibility index (Phi) is 4.42. The highest BCUT2D eigenvalue weighted by molar-refractivity contribution is 5.02. The molecule has 2 heterocycles. The predicted molar refractivity (Wildman–Crippen MR) is 57.6 cm³/mol. The van der Waals surface area contributed by atoms with Crippen molar-refractivity contribution in [1.29, 1.82) is 0 Å². The first kappa shape index (κ1) is 10.9. The van der Waals surface area contributed by atoms with Crippen molar-refractivity contribution < 1.29 is 9.47 Å². The van der Waals surface area contributed by atoms with Gasteiger partial charge in [0.05, 0.1) is 25.9 Å². The molecule has 0 amide bonds. The summed E-state index contributed by atoms with van der Waals surface area (Å²) in [5.41, 5.74) is 0. The van der Waals surface area contributed by atoms with Gasteiger partial charge in [-0.05, 0) is 0 Å². The van der Waals surface area contributed by atoms with Gasteiger partial charge in [-0.1, -0.05) is 11.8 Å². The van der Waals surface area contributed by atoms with Gasteiger partial charge in [-0.3, -0.25) is 4.90 Å². The second-order valence-electron chi connectivity index (χ2n) is 3.83. The normalized spacial score (nSPS) is 22.9. The highest BCUT2D eigenvalue weighted by Gasteiger charge is 2.15. The van der Waals surface area contributed by atoms with Gasteiger partial charge in [-0.25, -0.2) is 0 Å². The number of nitrogens with one attached hydrogen (secondary N) is 1. The summed E-state index contributed by atoms with van der Waals surface area (Å²) in [4.78, 5) is 2.31. The van der Waals surface area contributed by atoms with Crippen LogP contribution in [0.4, 0.5) is 0 Å². The zero-order valence-corrected chi connectivity index (χ0v) is 9.00. The van der Waals surface area contributed by atoms with Gasteiger partial charge in [0, 0.05) is 26.2 Å². The number of ether oxygens (including phenoxy) is 2. The van der Waals surface area contributed by atoms with E-state index < -0.39 is 0 Å². The van der Waals surface area contributed by atoms with Crippen molar-refractivity contribution in [2.24, 2.45) is 0 Å². The first-order valence-corrected chi connectivity index (χ1v) is 5.53. The molecule has 2 aliphatic heterocycles. The lowest BCUT2D eigenvalue weighted by Crippen LogP contribution is -2.48. The minimum absolute atomic E-state index is 0.391. The highest BCUT2D eigenvalue weighted by atomic mass is 16.5. The van der Waals surface area contributed by atoms with Crippen LogP contribution in [0, 0.1) is 11.8 Å². The quantitative estimate of drug-likeness (QED) is 0.625. The molecule has 0 aromatic heterocycles. The fraction of sp³-hybridized carbons (Fsp3) is 0.818. The fourth-order valence-corrected chi connectivity index (χ4v) is 1.52. The van der Waals surface area contributed by atoms with Gasteiger partial charge in [0.25, 0.3) is 0 Å². The molecule has 0 aliphatic carbocycles. The molecule has 84 valence electrons. The summed E-state index contributed by atoms with van der Waals surface area (Å²) < 4.78 is 10.7. The molecular formula is C11H18N2O2. The van der Waals surface area contributed by atoms with E-state index in [1.165, 1.54) is 0 Å². The molecule has 0 bridgehead atoms. The van der Waals surface area contributed by atoms with E-state index in [9.17, 15) is 0 Å². The SMILES string of the molecule is C(#CCN1CCOCC1)COC1CNC1. The van der Waals surface area contributed by atoms with Crippen LogP contribution in [0.5, 0.6) is 0 Å². The van der Waals surface area contributed by atoms with E-state index in [0.717, 1.165) is 45.9 Å². The van der Waals surface area contributed by atoms with Crippen LogP contribution in [0.2, 0.25) is 0 Å². The minimum Gasteiger partial charge on any atom is -0.379 e. The Bertz CT molecular complexity index is 237. The maximum absolute atomic E-state index is 5.49. The summed E-state index contributed by atoms with van der Waals surface area (Å²) in [5.74, 6) is 6.18. The van der Waals surface area contributed by atoms with E-state index in [4.69, 9.17) is 9.47 Å². The van der Waals surface area contributed by atoms with Crippen molar-refractivity contribution in [3.8, 4) is 11.8 Å². The summed E-state index contributed by atoms with van der Waals surface area (Å²) in [7, 11) is 0. The van der Waals surface area contributed by atoms with Gasteiger partial charge in [-0.2, -0.15) is 0 Å². The molecule has 0 aromatic carbocycles. The van der Waals surface area contributed by atoms with Gasteiger partial charge >= 0.3 is 0 Å². The van der Waals surface area contributed by atoms with Gasteiger partial charge in [0.15, 0.2) is 0 Å². The van der Waals surface area contributed by atoms with Crippen LogP contribution >= 0.6 is 0 Å². The monoisotopic (exact) mass is 210 g/mol. The maximum Gasteiger partial charge on any atom is 0.108 e. The Morgan fingerprint density at radius 1 is 1.27 bits per heavy atom. The molecule has 0 unspecified atom stereocenters. The topological polar surface area (TPSA) is 33.7 Å². The summed E-state index contributed by atoms with van der Waals surface area (Å²) in [5, 5.41) is 3.16. The molecule has 0 aromatic rings. The van der Waals surface area contributed by atoms with Crippen LogP contribution in [0.15, 0.2) is 0 Å². The highest BCUT2D eigenvalue weighted by Crippen LogP contribution is 1.97. The molecule has 0 spiro atoms. The molecule has 2 saturated heterocycles. The van der Waals surface area contributed by atoms with Crippen molar-refractivity contribution in [3.63, 3.8) is 0 Å². The lowest BCUT2D eigenvalue weighted by Gasteiger charge is -2.26. The van der Waals surface area contributed by atoms with Crippen molar-refractivity contribution in [2.75, 3.05) is 52.5 Å². The first-order valence-electron chi connectivity index (χ1n) is 5.53. The molecule has 4 heteroatoms. The van der Waals surface area contributed by atoms with Crippen LogP contribution in [0.1, 0.15) is 0 Å². The lowest BCUT2D eigenvalue weighted by atomic mass is 10.2. The van der Waals surface area contributed by atoms with Gasteiger partial charge < -0.3 is 14.8 Å². The van der Waals surface area contributed by atoms with E-state index in [2.05, 4.69) is 22.1 Å². The molecule has 15 heavy (non-hydrogen) atoms. The minimum atomic E-state index is 0.391. The molecule has 2 aliphatic rings. The molecule has 4 nitrogen and oxygen atoms in total. The summed E-state index contributed by atoms with van der Waals surface area (Å²) >= 11 is 0. The lowest BCUT2D eigenvalue weighted by molar-refractivity contribution is 0.0388. The standard InChI is InChI=1S/C11H18N2O2/c1(2-6-15-11-9-12-10-11)3-13-4-7-14-8-5-13/h11-12H,3-10H2. The molecular weight excluding hydrogens is 192 g/mol. The molecule has 2 fully saturated rings. The summed E-state index contributed by atoms with van der Waals surface area (Å²) in [6, 6.07) is 0. The third-order valence-electron chi connectivity index (χ3n) is 2.67. The number of nitrogens with zero attached hydrogens (tertiary/aromatic N) is 1. The van der Waals surface area contributed by atoms with E-state index in [1.54, 1.807) is 0 Å². The Morgan fingerprint density at radius 2 is 2.07 bits per heavy atom. The first-order chi connectivity index (χ1) is 7.45. The Balaban J connectivity index is 1.53. The largest absolute Gasteiger partial charge is 0.379 e. The van der Waals surface area contributed by atoms with E-state index in [0.29, 0.717) is 12.7 Å². The Hall–Kier alpha value is -0.600. The fourth-order valence-electron chi connectivity index (χ4n) is 1.52. The Morgan fingerprint density at radius 3 is 2.73 bits per heavy atom. The van der Waals surface area contributed by atoms with Crippen LogP contribution < -0.4 is 5.32 Å². The molecule has 0 radical (unpaired) electrons. The van der Waals surface area contributed by atoms with Crippen molar-refractivity contribution in [1.82, 2.24) is 10.2 Å². The third kappa shape index (κ3) is 3.80. The number of hydrogen-bond acceptors (Lipinski definition) is 4. The van der Waals surface area contributed by atoms with Crippen molar-refractivity contribution in [3.05, 3.63) is 0 Å². The van der Waals surface area contributed by atoms with Gasteiger partial charge in [-0.15, -0.1) is 0 Å². The zero-order chi connectivity index (χ0) is 10.3. The van der Waals surface area contributed by atoms with Crippen LogP contribution in [0.25, 0.3) is 0 Å². The molecule has 1 N–H and O–H groups in total. The van der Waals surface area contributed by atoms with Gasteiger partial charge in [0.2, 0.25) is 0 Å². The Labute approximate surface area is 90.9 Å². The second-order valence-corrected chi connectivity index (χ2v) is 3.83. The summed E-state index contributed by atoms with van der Waals surface area (Å²) in [6.07, 6.45) is 0.391. The zero-order valence-electron chi connectivity index (χ0n) is 9.00. The molecule has 0 saturated carbocycles. The molecule has 2 rings (SSSR count). The van der Waals surface area contributed by atoms with E-state index in [1.807, 2.05) is 0 Å².